The van der Waals surface area contributed by atoms with Crippen molar-refractivity contribution in [2.75, 3.05) is 6.61 Å². The van der Waals surface area contributed by atoms with E-state index in [-0.39, 0.29) is 12.0 Å². The molecule has 0 saturated heterocycles. The summed E-state index contributed by atoms with van der Waals surface area (Å²) in [5.74, 6) is 0. The minimum atomic E-state index is -0.656. The van der Waals surface area contributed by atoms with Crippen LogP contribution in [0.5, 0.6) is 0 Å². The van der Waals surface area contributed by atoms with E-state index in [2.05, 4.69) is 25.9 Å². The minimum absolute atomic E-state index is 0.0205. The van der Waals surface area contributed by atoms with Gasteiger partial charge in [0.05, 0.1) is 11.8 Å². The smallest absolute Gasteiger partial charge is 0.1000 e. The second kappa shape index (κ2) is 4.77. The van der Waals surface area contributed by atoms with E-state index in [9.17, 15) is 5.11 Å². The molecule has 1 heterocycles. The first-order valence-corrected chi connectivity index (χ1v) is 5.24. The second-order valence-corrected chi connectivity index (χ2v) is 5.03. The SMILES string of the molecule is CC(C)(C)Cn1ccc(C(O)CCO)n1. The van der Waals surface area contributed by atoms with E-state index >= 15 is 0 Å². The van der Waals surface area contributed by atoms with Crippen molar-refractivity contribution in [1.29, 1.82) is 0 Å². The molecule has 0 aliphatic heterocycles. The van der Waals surface area contributed by atoms with Gasteiger partial charge in [0.1, 0.15) is 0 Å². The molecule has 0 aromatic carbocycles. The standard InChI is InChI=1S/C11H20N2O2/c1-11(2,3)8-13-6-4-9(12-13)10(15)5-7-14/h4,6,10,14-15H,5,7-8H2,1-3H3. The maximum atomic E-state index is 9.60. The Balaban J connectivity index is 2.64. The first kappa shape index (κ1) is 12.2. The molecule has 1 aromatic rings. The van der Waals surface area contributed by atoms with Crippen LogP contribution in [0.15, 0.2) is 12.3 Å². The van der Waals surface area contributed by atoms with Gasteiger partial charge in [-0.3, -0.25) is 4.68 Å². The van der Waals surface area contributed by atoms with Gasteiger partial charge in [0.15, 0.2) is 0 Å². The van der Waals surface area contributed by atoms with Gasteiger partial charge in [0, 0.05) is 25.8 Å². The summed E-state index contributed by atoms with van der Waals surface area (Å²) in [6.45, 7) is 7.21. The Hall–Kier alpha value is -0.870. The van der Waals surface area contributed by atoms with E-state index in [1.807, 2.05) is 10.9 Å². The Morgan fingerprint density at radius 3 is 2.67 bits per heavy atom. The Labute approximate surface area is 90.5 Å². The van der Waals surface area contributed by atoms with Crippen molar-refractivity contribution >= 4 is 0 Å². The zero-order valence-electron chi connectivity index (χ0n) is 9.64. The predicted octanol–water partition coefficient (Wildman–Crippen LogP) is 1.34. The molecule has 0 amide bonds. The van der Waals surface area contributed by atoms with E-state index < -0.39 is 6.10 Å². The summed E-state index contributed by atoms with van der Waals surface area (Å²) in [6.07, 6.45) is 1.55. The van der Waals surface area contributed by atoms with Crippen molar-refractivity contribution in [3.05, 3.63) is 18.0 Å². The van der Waals surface area contributed by atoms with Gasteiger partial charge in [-0.15, -0.1) is 0 Å². The molecular weight excluding hydrogens is 192 g/mol. The third kappa shape index (κ3) is 4.01. The molecule has 1 aromatic heterocycles. The Morgan fingerprint density at radius 1 is 1.47 bits per heavy atom. The molecule has 1 unspecified atom stereocenters. The predicted molar refractivity (Wildman–Crippen MR) is 58.3 cm³/mol. The molecule has 1 atom stereocenters. The van der Waals surface area contributed by atoms with Gasteiger partial charge >= 0.3 is 0 Å². The van der Waals surface area contributed by atoms with Crippen LogP contribution in [0.1, 0.15) is 39.0 Å². The quantitative estimate of drug-likeness (QED) is 0.792. The van der Waals surface area contributed by atoms with Crippen molar-refractivity contribution in [2.24, 2.45) is 5.41 Å². The van der Waals surface area contributed by atoms with Crippen LogP contribution in [0.2, 0.25) is 0 Å². The third-order valence-electron chi connectivity index (χ3n) is 2.04. The Bertz CT molecular complexity index is 302. The number of rotatable bonds is 4. The number of nitrogens with zero attached hydrogens (tertiary/aromatic N) is 2. The average Bonchev–Trinajstić information content (AvgIpc) is 2.50. The maximum Gasteiger partial charge on any atom is 0.1000 e. The molecule has 2 N–H and O–H groups in total. The van der Waals surface area contributed by atoms with Gasteiger partial charge in [0.25, 0.3) is 0 Å². The fourth-order valence-corrected chi connectivity index (χ4v) is 1.40. The summed E-state index contributed by atoms with van der Waals surface area (Å²) in [5, 5.41) is 22.6. The van der Waals surface area contributed by atoms with E-state index in [0.29, 0.717) is 12.1 Å². The van der Waals surface area contributed by atoms with Crippen LogP contribution < -0.4 is 0 Å². The highest BCUT2D eigenvalue weighted by atomic mass is 16.3. The lowest BCUT2D eigenvalue weighted by molar-refractivity contribution is 0.129. The molecule has 0 aliphatic rings. The lowest BCUT2D eigenvalue weighted by Gasteiger charge is -2.17. The highest BCUT2D eigenvalue weighted by Crippen LogP contribution is 2.18. The maximum absolute atomic E-state index is 9.60. The summed E-state index contributed by atoms with van der Waals surface area (Å²) in [4.78, 5) is 0. The first-order chi connectivity index (χ1) is 6.92. The van der Waals surface area contributed by atoms with Crippen LogP contribution in [0.3, 0.4) is 0 Å². The van der Waals surface area contributed by atoms with E-state index in [4.69, 9.17) is 5.11 Å². The normalized spacial score (nSPS) is 14.2. The van der Waals surface area contributed by atoms with Gasteiger partial charge in [-0.2, -0.15) is 5.10 Å². The molecule has 86 valence electrons. The van der Waals surface area contributed by atoms with Crippen molar-refractivity contribution in [1.82, 2.24) is 9.78 Å². The van der Waals surface area contributed by atoms with Gasteiger partial charge in [-0.05, 0) is 11.5 Å². The lowest BCUT2D eigenvalue weighted by Crippen LogP contribution is -2.16. The van der Waals surface area contributed by atoms with Crippen LogP contribution in [0.4, 0.5) is 0 Å². The largest absolute Gasteiger partial charge is 0.396 e. The topological polar surface area (TPSA) is 58.3 Å². The number of aliphatic hydroxyl groups is 2. The van der Waals surface area contributed by atoms with Gasteiger partial charge in [-0.1, -0.05) is 20.8 Å². The van der Waals surface area contributed by atoms with Crippen molar-refractivity contribution in [3.63, 3.8) is 0 Å². The molecule has 1 rings (SSSR count). The van der Waals surface area contributed by atoms with Crippen molar-refractivity contribution < 1.29 is 10.2 Å². The average molecular weight is 212 g/mol. The van der Waals surface area contributed by atoms with E-state index in [1.165, 1.54) is 0 Å². The van der Waals surface area contributed by atoms with E-state index in [0.717, 1.165) is 6.54 Å². The number of hydrogen-bond donors (Lipinski definition) is 2. The Kier molecular flexibility index (Phi) is 3.88. The molecule has 0 radical (unpaired) electrons. The van der Waals surface area contributed by atoms with Crippen LogP contribution >= 0.6 is 0 Å². The zero-order valence-corrected chi connectivity index (χ0v) is 9.64. The molecule has 4 heteroatoms. The van der Waals surface area contributed by atoms with Crippen LogP contribution in [0.25, 0.3) is 0 Å². The summed E-state index contributed by atoms with van der Waals surface area (Å²) < 4.78 is 1.83. The third-order valence-corrected chi connectivity index (χ3v) is 2.04. The molecule has 0 aliphatic carbocycles. The van der Waals surface area contributed by atoms with Gasteiger partial charge < -0.3 is 10.2 Å². The number of aliphatic hydroxyl groups excluding tert-OH is 2. The zero-order chi connectivity index (χ0) is 11.5. The van der Waals surface area contributed by atoms with Gasteiger partial charge in [0.2, 0.25) is 0 Å². The summed E-state index contributed by atoms with van der Waals surface area (Å²) in [6, 6.07) is 1.80. The minimum Gasteiger partial charge on any atom is -0.396 e. The summed E-state index contributed by atoms with van der Waals surface area (Å²) in [7, 11) is 0. The van der Waals surface area contributed by atoms with Crippen LogP contribution in [0, 0.1) is 5.41 Å². The summed E-state index contributed by atoms with van der Waals surface area (Å²) >= 11 is 0. The van der Waals surface area contributed by atoms with Crippen molar-refractivity contribution in [3.8, 4) is 0 Å². The van der Waals surface area contributed by atoms with Crippen LogP contribution in [-0.4, -0.2) is 26.6 Å². The second-order valence-electron chi connectivity index (χ2n) is 5.03. The highest BCUT2D eigenvalue weighted by molar-refractivity contribution is 5.02. The molecule has 0 bridgehead atoms. The summed E-state index contributed by atoms with van der Waals surface area (Å²) in [5.41, 5.74) is 0.805. The molecule has 0 fully saturated rings. The first-order valence-electron chi connectivity index (χ1n) is 5.24. The lowest BCUT2D eigenvalue weighted by atomic mass is 9.97. The Morgan fingerprint density at radius 2 is 2.13 bits per heavy atom. The van der Waals surface area contributed by atoms with E-state index in [1.54, 1.807) is 6.07 Å². The molecular formula is C11H20N2O2. The van der Waals surface area contributed by atoms with Crippen molar-refractivity contribution in [2.45, 2.75) is 39.8 Å². The molecule has 0 spiro atoms. The molecule has 0 saturated carbocycles. The van der Waals surface area contributed by atoms with Gasteiger partial charge in [-0.25, -0.2) is 0 Å². The fourth-order valence-electron chi connectivity index (χ4n) is 1.40. The molecule has 4 nitrogen and oxygen atoms in total. The number of hydrogen-bond acceptors (Lipinski definition) is 3. The van der Waals surface area contributed by atoms with Crippen LogP contribution in [-0.2, 0) is 6.54 Å². The monoisotopic (exact) mass is 212 g/mol. The highest BCUT2D eigenvalue weighted by Gasteiger charge is 2.14. The molecule has 15 heavy (non-hydrogen) atoms. The fraction of sp³-hybridized carbons (Fsp3) is 0.727. The number of aromatic nitrogens is 2.